The first-order valence-electron chi connectivity index (χ1n) is 4.95. The fourth-order valence-electron chi connectivity index (χ4n) is 1.35. The van der Waals surface area contributed by atoms with Crippen molar-refractivity contribution in [2.24, 2.45) is 5.73 Å². The number of rotatable bonds is 3. The molecule has 1 aromatic heterocycles. The number of ether oxygens (including phenoxy) is 1. The van der Waals surface area contributed by atoms with Crippen LogP contribution in [0.5, 0.6) is 11.5 Å². The molecule has 2 aromatic rings. The molecule has 0 amide bonds. The summed E-state index contributed by atoms with van der Waals surface area (Å²) in [7, 11) is 0. The molecule has 92 valence electrons. The number of thiocarbonyl (C=S) groups is 1. The molecule has 0 unspecified atom stereocenters. The van der Waals surface area contributed by atoms with Crippen molar-refractivity contribution in [2.45, 2.75) is 0 Å². The van der Waals surface area contributed by atoms with E-state index in [9.17, 15) is 0 Å². The number of hydrogen-bond donors (Lipinski definition) is 1. The molecule has 2 N–H and O–H groups in total. The third-order valence-electron chi connectivity index (χ3n) is 2.19. The van der Waals surface area contributed by atoms with Gasteiger partial charge in [-0.2, -0.15) is 0 Å². The highest BCUT2D eigenvalue weighted by Crippen LogP contribution is 2.35. The molecule has 3 nitrogen and oxygen atoms in total. The summed E-state index contributed by atoms with van der Waals surface area (Å²) < 4.78 is 5.64. The van der Waals surface area contributed by atoms with Crippen LogP contribution in [0, 0.1) is 0 Å². The number of pyridine rings is 1. The topological polar surface area (TPSA) is 48.1 Å². The molecular weight excluding hydrogens is 291 g/mol. The lowest BCUT2D eigenvalue weighted by atomic mass is 10.2. The van der Waals surface area contributed by atoms with Crippen LogP contribution >= 0.6 is 35.4 Å². The molecule has 0 saturated heterocycles. The molecule has 0 atom stereocenters. The molecule has 0 aliphatic carbocycles. The minimum absolute atomic E-state index is 0.227. The highest BCUT2D eigenvalue weighted by atomic mass is 35.5. The molecule has 1 aromatic carbocycles. The molecule has 1 heterocycles. The summed E-state index contributed by atoms with van der Waals surface area (Å²) >= 11 is 16.9. The van der Waals surface area contributed by atoms with Crippen LogP contribution in [0.15, 0.2) is 36.7 Å². The molecular formula is C12H8Cl2N2OS. The zero-order valence-corrected chi connectivity index (χ0v) is 11.4. The predicted octanol–water partition coefficient (Wildman–Crippen LogP) is 3.81. The molecule has 0 aliphatic rings. The molecule has 2 rings (SSSR count). The lowest BCUT2D eigenvalue weighted by Crippen LogP contribution is -2.10. The lowest BCUT2D eigenvalue weighted by molar-refractivity contribution is 0.479. The maximum Gasteiger partial charge on any atom is 0.155 e. The van der Waals surface area contributed by atoms with E-state index in [0.717, 1.165) is 0 Å². The number of nitrogens with zero attached hydrogens (tertiary/aromatic N) is 1. The third-order valence-corrected chi connectivity index (χ3v) is 3.21. The van der Waals surface area contributed by atoms with Crippen LogP contribution in [-0.2, 0) is 0 Å². The van der Waals surface area contributed by atoms with Gasteiger partial charge in [-0.15, -0.1) is 0 Å². The van der Waals surface area contributed by atoms with Crippen molar-refractivity contribution in [3.63, 3.8) is 0 Å². The van der Waals surface area contributed by atoms with Crippen molar-refractivity contribution in [3.8, 4) is 11.5 Å². The molecule has 0 aliphatic heterocycles. The Morgan fingerprint density at radius 1 is 1.22 bits per heavy atom. The highest BCUT2D eigenvalue weighted by molar-refractivity contribution is 7.80. The van der Waals surface area contributed by atoms with E-state index in [1.807, 2.05) is 0 Å². The fourth-order valence-corrected chi connectivity index (χ4v) is 1.85. The van der Waals surface area contributed by atoms with E-state index >= 15 is 0 Å². The number of hydrogen-bond acceptors (Lipinski definition) is 3. The number of nitrogens with two attached hydrogens (primary N) is 1. The zero-order valence-electron chi connectivity index (χ0n) is 9.06. The van der Waals surface area contributed by atoms with Crippen LogP contribution in [0.1, 0.15) is 5.56 Å². The van der Waals surface area contributed by atoms with Crippen LogP contribution in [0.25, 0.3) is 0 Å². The van der Waals surface area contributed by atoms with Gasteiger partial charge in [0.05, 0.1) is 16.8 Å². The SMILES string of the molecule is NC(=S)c1ccncc1Oc1cccc(Cl)c1Cl. The van der Waals surface area contributed by atoms with Crippen LogP contribution in [0.4, 0.5) is 0 Å². The highest BCUT2D eigenvalue weighted by Gasteiger charge is 2.11. The minimum Gasteiger partial charge on any atom is -0.453 e. The number of halogens is 2. The maximum absolute atomic E-state index is 6.03. The van der Waals surface area contributed by atoms with E-state index in [-0.39, 0.29) is 4.99 Å². The predicted molar refractivity (Wildman–Crippen MR) is 76.7 cm³/mol. The Morgan fingerprint density at radius 2 is 2.00 bits per heavy atom. The van der Waals surface area contributed by atoms with E-state index < -0.39 is 0 Å². The van der Waals surface area contributed by atoms with Gasteiger partial charge < -0.3 is 10.5 Å². The monoisotopic (exact) mass is 298 g/mol. The van der Waals surface area contributed by atoms with E-state index in [0.29, 0.717) is 27.1 Å². The maximum atomic E-state index is 6.03. The molecule has 18 heavy (non-hydrogen) atoms. The van der Waals surface area contributed by atoms with Crippen LogP contribution in [0.2, 0.25) is 10.0 Å². The molecule has 0 saturated carbocycles. The molecule has 0 radical (unpaired) electrons. The van der Waals surface area contributed by atoms with Gasteiger partial charge in [0.25, 0.3) is 0 Å². The average Bonchev–Trinajstić information content (AvgIpc) is 2.35. The molecule has 6 heteroatoms. The number of aromatic nitrogens is 1. The minimum atomic E-state index is 0.227. The Bertz CT molecular complexity index is 604. The Kier molecular flexibility index (Phi) is 4.01. The second kappa shape index (κ2) is 5.52. The van der Waals surface area contributed by atoms with Gasteiger partial charge in [-0.1, -0.05) is 41.5 Å². The first-order valence-corrected chi connectivity index (χ1v) is 6.11. The van der Waals surface area contributed by atoms with Gasteiger partial charge in [0.15, 0.2) is 5.75 Å². The van der Waals surface area contributed by atoms with E-state index in [4.69, 9.17) is 45.9 Å². The van der Waals surface area contributed by atoms with Gasteiger partial charge in [-0.05, 0) is 18.2 Å². The largest absolute Gasteiger partial charge is 0.453 e. The Labute approximate surface area is 119 Å². The van der Waals surface area contributed by atoms with Crippen LogP contribution in [0.3, 0.4) is 0 Å². The van der Waals surface area contributed by atoms with E-state index in [2.05, 4.69) is 4.98 Å². The Morgan fingerprint density at radius 3 is 2.72 bits per heavy atom. The van der Waals surface area contributed by atoms with Crippen molar-refractivity contribution in [2.75, 3.05) is 0 Å². The summed E-state index contributed by atoms with van der Waals surface area (Å²) in [6.07, 6.45) is 3.10. The molecule has 0 bridgehead atoms. The first-order chi connectivity index (χ1) is 8.59. The fraction of sp³-hybridized carbons (Fsp3) is 0. The summed E-state index contributed by atoms with van der Waals surface area (Å²) in [6, 6.07) is 6.79. The second-order valence-corrected chi connectivity index (χ2v) is 4.62. The van der Waals surface area contributed by atoms with Gasteiger partial charge in [0.2, 0.25) is 0 Å². The number of benzene rings is 1. The van der Waals surface area contributed by atoms with Gasteiger partial charge in [0.1, 0.15) is 15.8 Å². The van der Waals surface area contributed by atoms with Crippen LogP contribution in [-0.4, -0.2) is 9.97 Å². The zero-order chi connectivity index (χ0) is 13.1. The van der Waals surface area contributed by atoms with Crippen molar-refractivity contribution in [1.29, 1.82) is 0 Å². The van der Waals surface area contributed by atoms with Crippen LogP contribution < -0.4 is 10.5 Å². The van der Waals surface area contributed by atoms with Crippen molar-refractivity contribution in [3.05, 3.63) is 52.3 Å². The normalized spacial score (nSPS) is 10.1. The summed E-state index contributed by atoms with van der Waals surface area (Å²) in [5, 5.41) is 0.742. The smallest absolute Gasteiger partial charge is 0.155 e. The van der Waals surface area contributed by atoms with Gasteiger partial charge in [0, 0.05) is 6.20 Å². The van der Waals surface area contributed by atoms with Gasteiger partial charge >= 0.3 is 0 Å². The molecule has 0 spiro atoms. The Balaban J connectivity index is 2.40. The van der Waals surface area contributed by atoms with Gasteiger partial charge in [-0.3, -0.25) is 4.98 Å². The van der Waals surface area contributed by atoms with Crippen molar-refractivity contribution in [1.82, 2.24) is 4.98 Å². The van der Waals surface area contributed by atoms with E-state index in [1.54, 1.807) is 30.5 Å². The summed E-state index contributed by atoms with van der Waals surface area (Å²) in [6.45, 7) is 0. The van der Waals surface area contributed by atoms with Crippen molar-refractivity contribution < 1.29 is 4.74 Å². The Hall–Kier alpha value is -1.36. The average molecular weight is 299 g/mol. The van der Waals surface area contributed by atoms with E-state index in [1.165, 1.54) is 6.20 Å². The van der Waals surface area contributed by atoms with Gasteiger partial charge in [-0.25, -0.2) is 0 Å². The summed E-state index contributed by atoms with van der Waals surface area (Å²) in [5.41, 5.74) is 6.19. The standard InChI is InChI=1S/C12H8Cl2N2OS/c13-8-2-1-3-9(11(8)14)17-10-6-16-5-4-7(10)12(15)18/h1-6H,(H2,15,18). The first kappa shape index (κ1) is 13.1. The van der Waals surface area contributed by atoms with Crippen molar-refractivity contribution >= 4 is 40.4 Å². The summed E-state index contributed by atoms with van der Waals surface area (Å²) in [5.74, 6) is 0.865. The molecule has 0 fully saturated rings. The lowest BCUT2D eigenvalue weighted by Gasteiger charge is -2.11. The summed E-state index contributed by atoms with van der Waals surface area (Å²) in [4.78, 5) is 4.19. The second-order valence-electron chi connectivity index (χ2n) is 3.39. The quantitative estimate of drug-likeness (QED) is 0.875. The third kappa shape index (κ3) is 2.72.